The molecule has 0 amide bonds. The van der Waals surface area contributed by atoms with Gasteiger partial charge in [0.25, 0.3) is 0 Å². The maximum Gasteiger partial charge on any atom is -0.00722 e. The lowest BCUT2D eigenvalue weighted by atomic mass is 9.83. The molecule has 0 radical (unpaired) electrons. The number of aryl methyl sites for hydroxylation is 1. The van der Waals surface area contributed by atoms with Crippen molar-refractivity contribution in [3.63, 3.8) is 0 Å². The second-order valence-corrected chi connectivity index (χ2v) is 6.27. The van der Waals surface area contributed by atoms with Gasteiger partial charge in [0.2, 0.25) is 0 Å². The van der Waals surface area contributed by atoms with Crippen molar-refractivity contribution in [2.75, 3.05) is 6.54 Å². The first-order valence-electron chi connectivity index (χ1n) is 7.45. The van der Waals surface area contributed by atoms with E-state index < -0.39 is 0 Å². The van der Waals surface area contributed by atoms with Gasteiger partial charge in [-0.15, -0.1) is 0 Å². The Morgan fingerprint density at radius 1 is 0.800 bits per heavy atom. The first kappa shape index (κ1) is 14.8. The van der Waals surface area contributed by atoms with Gasteiger partial charge in [0.15, 0.2) is 0 Å². The Morgan fingerprint density at radius 3 is 2.00 bits per heavy atom. The summed E-state index contributed by atoms with van der Waals surface area (Å²) in [6, 6.07) is 19.5. The molecule has 0 aliphatic carbocycles. The molecule has 2 rings (SSSR count). The molecule has 0 aromatic heterocycles. The highest BCUT2D eigenvalue weighted by Gasteiger charge is 2.16. The number of nitrogens with two attached hydrogens (primary N) is 1. The molecule has 0 spiro atoms. The van der Waals surface area contributed by atoms with Crippen LogP contribution < -0.4 is 5.73 Å². The minimum Gasteiger partial charge on any atom is -0.330 e. The minimum absolute atomic E-state index is 0.340. The average Bonchev–Trinajstić information content (AvgIpc) is 2.47. The molecule has 1 heteroatoms. The number of hydrogen-bond acceptors (Lipinski definition) is 1. The summed E-state index contributed by atoms with van der Waals surface area (Å²) in [5, 5.41) is 0. The van der Waals surface area contributed by atoms with Gasteiger partial charge in [0.05, 0.1) is 0 Å². The smallest absolute Gasteiger partial charge is 0.00722 e. The average molecular weight is 267 g/mol. The highest BCUT2D eigenvalue weighted by atomic mass is 14.5. The molecule has 0 saturated carbocycles. The van der Waals surface area contributed by atoms with Gasteiger partial charge in [-0.05, 0) is 47.9 Å². The van der Waals surface area contributed by atoms with Crippen LogP contribution in [0.3, 0.4) is 0 Å². The van der Waals surface area contributed by atoms with Crippen LogP contribution in [0.25, 0.3) is 11.1 Å². The molecule has 0 atom stereocenters. The molecule has 106 valence electrons. The molecule has 2 N–H and O–H groups in total. The third-order valence-electron chi connectivity index (χ3n) is 3.97. The lowest BCUT2D eigenvalue weighted by Crippen LogP contribution is -2.17. The molecule has 1 nitrogen and oxygen atoms in total. The van der Waals surface area contributed by atoms with Crippen molar-refractivity contribution in [2.24, 2.45) is 11.1 Å². The Morgan fingerprint density at radius 2 is 1.40 bits per heavy atom. The molecular formula is C19H25N. The minimum atomic E-state index is 0.340. The fraction of sp³-hybridized carbons (Fsp3) is 0.368. The fourth-order valence-electron chi connectivity index (χ4n) is 2.49. The predicted molar refractivity (Wildman–Crippen MR) is 87.7 cm³/mol. The van der Waals surface area contributed by atoms with Crippen LogP contribution in [0.5, 0.6) is 0 Å². The van der Waals surface area contributed by atoms with Crippen LogP contribution in [-0.2, 0) is 6.42 Å². The summed E-state index contributed by atoms with van der Waals surface area (Å²) in [4.78, 5) is 0. The Bertz CT molecular complexity index is 511. The summed E-state index contributed by atoms with van der Waals surface area (Å²) in [7, 11) is 0. The van der Waals surface area contributed by atoms with E-state index in [1.54, 1.807) is 0 Å². The highest BCUT2D eigenvalue weighted by Crippen LogP contribution is 2.27. The summed E-state index contributed by atoms with van der Waals surface area (Å²) in [5.41, 5.74) is 9.99. The van der Waals surface area contributed by atoms with E-state index in [1.807, 2.05) is 0 Å². The summed E-state index contributed by atoms with van der Waals surface area (Å²) in [6.07, 6.45) is 3.41. The lowest BCUT2D eigenvalue weighted by Gasteiger charge is -2.23. The highest BCUT2D eigenvalue weighted by molar-refractivity contribution is 5.63. The van der Waals surface area contributed by atoms with Crippen molar-refractivity contribution < 1.29 is 0 Å². The topological polar surface area (TPSA) is 26.0 Å². The van der Waals surface area contributed by atoms with Crippen molar-refractivity contribution >= 4 is 0 Å². The monoisotopic (exact) mass is 267 g/mol. The van der Waals surface area contributed by atoms with E-state index in [0.717, 1.165) is 19.4 Å². The van der Waals surface area contributed by atoms with Gasteiger partial charge < -0.3 is 5.73 Å². The van der Waals surface area contributed by atoms with Crippen molar-refractivity contribution in [1.82, 2.24) is 0 Å². The van der Waals surface area contributed by atoms with Crippen molar-refractivity contribution in [1.29, 1.82) is 0 Å². The third kappa shape index (κ3) is 4.21. The molecule has 2 aromatic rings. The summed E-state index contributed by atoms with van der Waals surface area (Å²) in [6.45, 7) is 5.39. The van der Waals surface area contributed by atoms with Gasteiger partial charge in [-0.1, -0.05) is 68.4 Å². The van der Waals surface area contributed by atoms with Gasteiger partial charge >= 0.3 is 0 Å². The molecule has 0 fully saturated rings. The number of hydrogen-bond donors (Lipinski definition) is 1. The Hall–Kier alpha value is -1.60. The summed E-state index contributed by atoms with van der Waals surface area (Å²) >= 11 is 0. The SMILES string of the molecule is CC(C)(CCN)CCc1ccc(-c2ccccc2)cc1. The van der Waals surface area contributed by atoms with E-state index in [1.165, 1.54) is 23.1 Å². The van der Waals surface area contributed by atoms with Crippen LogP contribution in [0.2, 0.25) is 0 Å². The Labute approximate surface area is 122 Å². The maximum absolute atomic E-state index is 5.67. The van der Waals surface area contributed by atoms with E-state index in [4.69, 9.17) is 5.73 Å². The molecule has 0 heterocycles. The van der Waals surface area contributed by atoms with Gasteiger partial charge in [-0.3, -0.25) is 0 Å². The normalized spacial score (nSPS) is 11.6. The van der Waals surface area contributed by atoms with Crippen molar-refractivity contribution in [2.45, 2.75) is 33.1 Å². The Kier molecular flexibility index (Phi) is 4.97. The van der Waals surface area contributed by atoms with Gasteiger partial charge in [0, 0.05) is 0 Å². The zero-order valence-corrected chi connectivity index (χ0v) is 12.6. The third-order valence-corrected chi connectivity index (χ3v) is 3.97. The second kappa shape index (κ2) is 6.71. The van der Waals surface area contributed by atoms with Crippen LogP contribution in [0.1, 0.15) is 32.3 Å². The van der Waals surface area contributed by atoms with E-state index in [0.29, 0.717) is 5.41 Å². The van der Waals surface area contributed by atoms with Gasteiger partial charge in [0.1, 0.15) is 0 Å². The molecule has 0 unspecified atom stereocenters. The molecule has 2 aromatic carbocycles. The maximum atomic E-state index is 5.67. The zero-order valence-electron chi connectivity index (χ0n) is 12.6. The van der Waals surface area contributed by atoms with Crippen LogP contribution in [0.4, 0.5) is 0 Å². The largest absolute Gasteiger partial charge is 0.330 e. The lowest BCUT2D eigenvalue weighted by molar-refractivity contribution is 0.313. The Balaban J connectivity index is 1.99. The molecule has 0 aliphatic heterocycles. The number of benzene rings is 2. The van der Waals surface area contributed by atoms with E-state index in [-0.39, 0.29) is 0 Å². The van der Waals surface area contributed by atoms with Crippen LogP contribution >= 0.6 is 0 Å². The second-order valence-electron chi connectivity index (χ2n) is 6.27. The van der Waals surface area contributed by atoms with Gasteiger partial charge in [-0.25, -0.2) is 0 Å². The van der Waals surface area contributed by atoms with Crippen LogP contribution in [0.15, 0.2) is 54.6 Å². The van der Waals surface area contributed by atoms with Crippen molar-refractivity contribution in [3.05, 3.63) is 60.2 Å². The molecule has 20 heavy (non-hydrogen) atoms. The van der Waals surface area contributed by atoms with Crippen molar-refractivity contribution in [3.8, 4) is 11.1 Å². The zero-order chi connectivity index (χ0) is 14.4. The summed E-state index contributed by atoms with van der Waals surface area (Å²) < 4.78 is 0. The van der Waals surface area contributed by atoms with Crippen LogP contribution in [0, 0.1) is 5.41 Å². The molecule has 0 aliphatic rings. The quantitative estimate of drug-likeness (QED) is 0.809. The summed E-state index contributed by atoms with van der Waals surface area (Å²) in [5.74, 6) is 0. The fourth-order valence-corrected chi connectivity index (χ4v) is 2.49. The first-order chi connectivity index (χ1) is 9.61. The molecule has 0 saturated heterocycles. The number of rotatable bonds is 6. The van der Waals surface area contributed by atoms with Crippen LogP contribution in [-0.4, -0.2) is 6.54 Å². The van der Waals surface area contributed by atoms with E-state index >= 15 is 0 Å². The molecular weight excluding hydrogens is 242 g/mol. The van der Waals surface area contributed by atoms with Gasteiger partial charge in [-0.2, -0.15) is 0 Å². The standard InChI is InChI=1S/C19H25N/c1-19(2,14-15-20)13-12-16-8-10-18(11-9-16)17-6-4-3-5-7-17/h3-11H,12-15,20H2,1-2H3. The van der Waals surface area contributed by atoms with E-state index in [9.17, 15) is 0 Å². The van der Waals surface area contributed by atoms with E-state index in [2.05, 4.69) is 68.4 Å². The first-order valence-corrected chi connectivity index (χ1v) is 7.45. The predicted octanol–water partition coefficient (Wildman–Crippen LogP) is 4.66. The molecule has 0 bridgehead atoms.